The number of amides is 14. The molecule has 0 bridgehead atoms. The minimum atomic E-state index is -1.83. The van der Waals surface area contributed by atoms with Crippen molar-refractivity contribution >= 4 is 113 Å². The van der Waals surface area contributed by atoms with Crippen molar-refractivity contribution in [2.45, 2.75) is 225 Å². The number of aliphatic imine (C=N–C) groups is 2. The SMILES string of the molecule is CC[C@H](C)[C@H](NC(=O)[C@@H](NC(=O)[C@H](C)NC(=O)[C@@H](NC(=O)[C@@H](NC(=O)CNC(=O)[C@H](CCCN=C(N)N)NC(=O)[C@H](Cc1ccccc1)NC(=O)[C@@H](CCC(=O)O)NC(=O)[C@H](CCC(N)=O)NC(=O)[C@@H](NC(=O)[C@H](CC(=O)O)NC(C)=O)C(C)C)C(C)C)[C@@H](C)O)C(C)C)C(=O)N[C@@H](CCCN=C(N)N)C(=O)O. The van der Waals surface area contributed by atoms with E-state index in [0.717, 1.165) is 13.8 Å². The molecule has 0 aliphatic heterocycles. The van der Waals surface area contributed by atoms with E-state index in [2.05, 4.69) is 79.1 Å². The van der Waals surface area contributed by atoms with Crippen molar-refractivity contribution < 1.29 is 102 Å². The molecular formula is C67H110N20O21. The van der Waals surface area contributed by atoms with E-state index in [1.165, 1.54) is 34.6 Å². The molecule has 0 saturated carbocycles. The van der Waals surface area contributed by atoms with Crippen LogP contribution in [0, 0.1) is 23.7 Å². The normalized spacial score (nSPS) is 14.9. The van der Waals surface area contributed by atoms with Crippen LogP contribution in [0.15, 0.2) is 40.3 Å². The van der Waals surface area contributed by atoms with Crippen LogP contribution in [0.1, 0.15) is 146 Å². The van der Waals surface area contributed by atoms with Crippen molar-refractivity contribution in [1.29, 1.82) is 0 Å². The third-order valence-electron chi connectivity index (χ3n) is 16.5. The van der Waals surface area contributed by atoms with Gasteiger partial charge in [-0.25, -0.2) is 4.79 Å². The zero-order chi connectivity index (χ0) is 82.4. The van der Waals surface area contributed by atoms with Gasteiger partial charge in [-0.2, -0.15) is 0 Å². The molecule has 0 aliphatic rings. The van der Waals surface area contributed by atoms with E-state index in [-0.39, 0.29) is 57.1 Å². The molecule has 604 valence electrons. The number of rotatable bonds is 50. The molecule has 0 spiro atoms. The monoisotopic (exact) mass is 1530 g/mol. The fourth-order valence-corrected chi connectivity index (χ4v) is 10.3. The van der Waals surface area contributed by atoms with E-state index in [4.69, 9.17) is 28.7 Å². The summed E-state index contributed by atoms with van der Waals surface area (Å²) in [6.07, 6.45) is -5.12. The van der Waals surface area contributed by atoms with Gasteiger partial charge in [-0.3, -0.25) is 86.7 Å². The number of benzene rings is 1. The van der Waals surface area contributed by atoms with E-state index >= 15 is 0 Å². The Morgan fingerprint density at radius 1 is 0.417 bits per heavy atom. The molecule has 41 nitrogen and oxygen atoms in total. The molecule has 0 aliphatic carbocycles. The maximum atomic E-state index is 14.6. The summed E-state index contributed by atoms with van der Waals surface area (Å²) < 4.78 is 0. The Bertz CT molecular complexity index is 3330. The highest BCUT2D eigenvalue weighted by molar-refractivity contribution is 6.00. The summed E-state index contributed by atoms with van der Waals surface area (Å²) in [7, 11) is 0. The van der Waals surface area contributed by atoms with Gasteiger partial charge in [0.25, 0.3) is 0 Å². The number of primary amides is 1. The predicted molar refractivity (Wildman–Crippen MR) is 388 cm³/mol. The number of carboxylic acid groups (broad SMARTS) is 3. The number of carbonyl (C=O) groups excluding carboxylic acids is 14. The minimum Gasteiger partial charge on any atom is -0.481 e. The number of carboxylic acids is 3. The second-order valence-electron chi connectivity index (χ2n) is 26.8. The molecule has 14 amide bonds. The van der Waals surface area contributed by atoms with Crippen molar-refractivity contribution in [3.05, 3.63) is 35.9 Å². The van der Waals surface area contributed by atoms with E-state index < -0.39 is 242 Å². The van der Waals surface area contributed by atoms with Crippen LogP contribution in [-0.2, 0) is 87.9 Å². The highest BCUT2D eigenvalue weighted by Crippen LogP contribution is 2.15. The van der Waals surface area contributed by atoms with E-state index in [0.29, 0.717) is 12.0 Å². The predicted octanol–water partition coefficient (Wildman–Crippen LogP) is -6.61. The van der Waals surface area contributed by atoms with Crippen LogP contribution in [0.3, 0.4) is 0 Å². The largest absolute Gasteiger partial charge is 0.481 e. The molecular weight excluding hydrogens is 1420 g/mol. The fraction of sp³-hybridized carbons (Fsp3) is 0.627. The first kappa shape index (κ1) is 94.7. The number of nitrogens with zero attached hydrogens (tertiary/aromatic N) is 2. The first-order valence-electron chi connectivity index (χ1n) is 35.1. The van der Waals surface area contributed by atoms with Gasteiger partial charge in [-0.15, -0.1) is 0 Å². The number of carbonyl (C=O) groups is 17. The van der Waals surface area contributed by atoms with E-state index in [9.17, 15) is 102 Å². The standard InChI is InChI=1S/C67H110N20O21/c1-12-34(8)52(63(105)81-42(65(107)108)21-17-27-74-67(71)72)86-62(104)51(33(6)7)84-54(96)35(9)76-64(106)53(36(10)88)87-61(103)49(31(2)3)83-46(91)30-75-55(97)39(20-16-26-73-66(69)70)78-58(100)43(28-38-18-14-13-15-19-38)82-57(99)41(23-25-47(92)93)79-56(98)40(22-24-45(68)90)80-60(102)50(32(4)5)85-59(101)44(29-48(94)95)77-37(11)89/h13-15,18-19,31-36,39-44,49-53,88H,12,16-17,20-30H2,1-11H3,(H2,68,90)(H,75,97)(H,76,106)(H,77,89)(H,78,100)(H,79,98)(H,80,102)(H,81,105)(H,82,99)(H,83,91)(H,84,96)(H,85,101)(H,86,104)(H,87,103)(H,92,93)(H,94,95)(H,107,108)(H4,69,70,73)(H4,71,72,74)/t34-,35-,36+,39-,40-,41+,42-,43-,44-,49-,50-,51-,52-,53-/m0/s1. The van der Waals surface area contributed by atoms with Crippen LogP contribution in [0.5, 0.6) is 0 Å². The molecule has 1 aromatic rings. The number of hydrogen-bond acceptors (Lipinski definition) is 20. The minimum absolute atomic E-state index is 0.000233. The summed E-state index contributed by atoms with van der Waals surface area (Å²) in [4.78, 5) is 234. The van der Waals surface area contributed by atoms with Crippen molar-refractivity contribution in [3.63, 3.8) is 0 Å². The summed E-state index contributed by atoms with van der Waals surface area (Å²) >= 11 is 0. The number of aliphatic hydroxyl groups is 1. The number of aliphatic carboxylic acids is 3. The van der Waals surface area contributed by atoms with Gasteiger partial charge >= 0.3 is 17.9 Å². The summed E-state index contributed by atoms with van der Waals surface area (Å²) in [5, 5.41) is 71.1. The van der Waals surface area contributed by atoms with E-state index in [1.807, 2.05) is 0 Å². The average molecular weight is 1530 g/mol. The Morgan fingerprint density at radius 2 is 0.815 bits per heavy atom. The lowest BCUT2D eigenvalue weighted by atomic mass is 9.96. The molecule has 0 fully saturated rings. The second-order valence-corrected chi connectivity index (χ2v) is 26.8. The van der Waals surface area contributed by atoms with Crippen molar-refractivity contribution in [1.82, 2.24) is 69.1 Å². The molecule has 0 radical (unpaired) electrons. The fourth-order valence-electron chi connectivity index (χ4n) is 10.3. The van der Waals surface area contributed by atoms with Crippen LogP contribution in [0.25, 0.3) is 0 Å². The van der Waals surface area contributed by atoms with E-state index in [1.54, 1.807) is 58.0 Å². The van der Waals surface area contributed by atoms with Crippen LogP contribution in [-0.4, -0.2) is 231 Å². The number of hydrogen-bond donors (Lipinski definition) is 22. The average Bonchev–Trinajstić information content (AvgIpc) is 0.858. The van der Waals surface area contributed by atoms with Crippen LogP contribution in [0.4, 0.5) is 0 Å². The molecule has 1 rings (SSSR count). The van der Waals surface area contributed by atoms with Gasteiger partial charge in [0.05, 0.1) is 19.1 Å². The Morgan fingerprint density at radius 3 is 1.27 bits per heavy atom. The van der Waals surface area contributed by atoms with Crippen molar-refractivity contribution in [2.75, 3.05) is 19.6 Å². The zero-order valence-electron chi connectivity index (χ0n) is 62.6. The number of nitrogens with two attached hydrogens (primary N) is 5. The van der Waals surface area contributed by atoms with Crippen LogP contribution in [0.2, 0.25) is 0 Å². The maximum Gasteiger partial charge on any atom is 0.326 e. The van der Waals surface area contributed by atoms with Gasteiger partial charge in [-0.1, -0.05) is 92.1 Å². The van der Waals surface area contributed by atoms with Crippen LogP contribution >= 0.6 is 0 Å². The Balaban J connectivity index is 3.52. The number of aliphatic hydroxyl groups excluding tert-OH is 1. The van der Waals surface area contributed by atoms with Crippen molar-refractivity contribution in [3.8, 4) is 0 Å². The molecule has 1 aromatic carbocycles. The maximum absolute atomic E-state index is 14.6. The molecule has 108 heavy (non-hydrogen) atoms. The molecule has 0 heterocycles. The van der Waals surface area contributed by atoms with Gasteiger partial charge in [0.15, 0.2) is 11.9 Å². The topological polar surface area (TPSA) is 682 Å². The quantitative estimate of drug-likeness (QED) is 0.0164. The van der Waals surface area contributed by atoms with Gasteiger partial charge < -0.3 is 118 Å². The van der Waals surface area contributed by atoms with Crippen molar-refractivity contribution in [2.24, 2.45) is 62.3 Å². The smallest absolute Gasteiger partial charge is 0.326 e. The number of nitrogens with one attached hydrogen (secondary N) is 13. The summed E-state index contributed by atoms with van der Waals surface area (Å²) in [6, 6.07) is -10.7. The highest BCUT2D eigenvalue weighted by atomic mass is 16.4. The molecule has 14 atom stereocenters. The van der Waals surface area contributed by atoms with Gasteiger partial charge in [0, 0.05) is 39.3 Å². The molecule has 27 N–H and O–H groups in total. The molecule has 0 saturated heterocycles. The second kappa shape index (κ2) is 48.0. The summed E-state index contributed by atoms with van der Waals surface area (Å²) in [6.45, 7) is 15.0. The lowest BCUT2D eigenvalue weighted by molar-refractivity contribution is -0.143. The Hall–Kier alpha value is -11.3. The Labute approximate surface area is 624 Å². The third kappa shape index (κ3) is 36.1. The third-order valence-corrected chi connectivity index (χ3v) is 16.5. The molecule has 0 aromatic heterocycles. The Kier molecular flexibility index (Phi) is 42.1. The first-order valence-corrected chi connectivity index (χ1v) is 35.1. The molecule has 41 heteroatoms. The lowest BCUT2D eigenvalue weighted by Gasteiger charge is -2.30. The van der Waals surface area contributed by atoms with Gasteiger partial charge in [-0.05, 0) is 81.6 Å². The van der Waals surface area contributed by atoms with Gasteiger partial charge in [0.2, 0.25) is 82.7 Å². The van der Waals surface area contributed by atoms with Crippen LogP contribution < -0.4 is 97.8 Å². The first-order chi connectivity index (χ1) is 50.4. The summed E-state index contributed by atoms with van der Waals surface area (Å²) in [5.74, 6) is -21.5. The summed E-state index contributed by atoms with van der Waals surface area (Å²) in [5.41, 5.74) is 27.5. The molecule has 0 unspecified atom stereocenters. The number of guanidine groups is 2. The highest BCUT2D eigenvalue weighted by Gasteiger charge is 2.39. The zero-order valence-corrected chi connectivity index (χ0v) is 62.6. The lowest BCUT2D eigenvalue weighted by Crippen LogP contribution is -2.62. The van der Waals surface area contributed by atoms with Gasteiger partial charge in [0.1, 0.15) is 72.5 Å².